The van der Waals surface area contributed by atoms with Crippen molar-refractivity contribution >= 4 is 5.97 Å². The van der Waals surface area contributed by atoms with Crippen LogP contribution in [0.2, 0.25) is 0 Å². The van der Waals surface area contributed by atoms with Crippen LogP contribution in [0.25, 0.3) is 0 Å². The highest BCUT2D eigenvalue weighted by molar-refractivity contribution is 5.82. The standard InChI is InChI=1S/C16H24O4/c1-9-5-6-11-10(7-9)8-16(15(11,2)3)12(17)13(19-4)20-14(16)18/h5-6,9-13,17H,7-8H2,1-4H3/t9?,10?,11?,12-,13+,16?/m0/s1. The topological polar surface area (TPSA) is 55.8 Å². The molecule has 1 saturated carbocycles. The largest absolute Gasteiger partial charge is 0.432 e. The van der Waals surface area contributed by atoms with Gasteiger partial charge in [-0.15, -0.1) is 0 Å². The van der Waals surface area contributed by atoms with Crippen molar-refractivity contribution < 1.29 is 19.4 Å². The lowest BCUT2D eigenvalue weighted by Gasteiger charge is -2.40. The minimum atomic E-state index is -0.885. The molecule has 0 aromatic carbocycles. The Balaban J connectivity index is 2.03. The lowest BCUT2D eigenvalue weighted by Crippen LogP contribution is -2.48. The van der Waals surface area contributed by atoms with E-state index in [1.54, 1.807) is 0 Å². The molecule has 0 radical (unpaired) electrons. The fraction of sp³-hybridized carbons (Fsp3) is 0.812. The zero-order valence-electron chi connectivity index (χ0n) is 12.6. The number of allylic oxidation sites excluding steroid dienone is 2. The molecule has 1 aliphatic heterocycles. The maximum Gasteiger partial charge on any atom is 0.317 e. The molecule has 4 nitrogen and oxygen atoms in total. The first-order valence-corrected chi connectivity index (χ1v) is 7.45. The van der Waals surface area contributed by atoms with Crippen LogP contribution in [0.3, 0.4) is 0 Å². The van der Waals surface area contributed by atoms with E-state index >= 15 is 0 Å². The van der Waals surface area contributed by atoms with Crippen molar-refractivity contribution in [2.75, 3.05) is 7.11 Å². The number of carbonyl (C=O) groups is 1. The van der Waals surface area contributed by atoms with Crippen molar-refractivity contribution in [3.8, 4) is 0 Å². The number of aliphatic hydroxyl groups is 1. The van der Waals surface area contributed by atoms with E-state index in [1.165, 1.54) is 7.11 Å². The van der Waals surface area contributed by atoms with Crippen LogP contribution in [0.1, 0.15) is 33.6 Å². The normalized spacial score (nSPS) is 49.5. The summed E-state index contributed by atoms with van der Waals surface area (Å²) in [6.45, 7) is 6.37. The van der Waals surface area contributed by atoms with E-state index in [1.807, 2.05) is 0 Å². The quantitative estimate of drug-likeness (QED) is 0.590. The fourth-order valence-corrected chi connectivity index (χ4v) is 4.84. The molecule has 0 bridgehead atoms. The Labute approximate surface area is 120 Å². The molecule has 0 amide bonds. The minimum absolute atomic E-state index is 0.294. The van der Waals surface area contributed by atoms with Crippen LogP contribution in [0.5, 0.6) is 0 Å². The van der Waals surface area contributed by atoms with Crippen molar-refractivity contribution in [1.29, 1.82) is 0 Å². The molecular weight excluding hydrogens is 256 g/mol. The summed E-state index contributed by atoms with van der Waals surface area (Å²) < 4.78 is 10.4. The van der Waals surface area contributed by atoms with E-state index in [0.717, 1.165) is 6.42 Å². The van der Waals surface area contributed by atoms with Crippen LogP contribution in [-0.4, -0.2) is 30.6 Å². The van der Waals surface area contributed by atoms with Gasteiger partial charge in [-0.2, -0.15) is 0 Å². The number of aliphatic hydroxyl groups excluding tert-OH is 1. The van der Waals surface area contributed by atoms with Gasteiger partial charge in [0.1, 0.15) is 11.5 Å². The predicted octanol–water partition coefficient (Wildman–Crippen LogP) is 2.12. The Bertz CT molecular complexity index is 455. The lowest BCUT2D eigenvalue weighted by molar-refractivity contribution is -0.166. The van der Waals surface area contributed by atoms with Crippen molar-refractivity contribution in [1.82, 2.24) is 0 Å². The van der Waals surface area contributed by atoms with Crippen LogP contribution < -0.4 is 0 Å². The number of esters is 1. The first-order chi connectivity index (χ1) is 9.34. The van der Waals surface area contributed by atoms with Gasteiger partial charge < -0.3 is 14.6 Å². The van der Waals surface area contributed by atoms with Gasteiger partial charge in [-0.25, -0.2) is 0 Å². The Morgan fingerprint density at radius 3 is 2.70 bits per heavy atom. The summed E-state index contributed by atoms with van der Waals surface area (Å²) in [7, 11) is 1.47. The number of ether oxygens (including phenoxy) is 2. The lowest BCUT2D eigenvalue weighted by atomic mass is 9.62. The van der Waals surface area contributed by atoms with Crippen LogP contribution in [-0.2, 0) is 14.3 Å². The molecule has 3 aliphatic rings. The van der Waals surface area contributed by atoms with Gasteiger partial charge in [-0.3, -0.25) is 4.79 Å². The van der Waals surface area contributed by atoms with Crippen LogP contribution in [0.15, 0.2) is 12.2 Å². The summed E-state index contributed by atoms with van der Waals surface area (Å²) in [5.41, 5.74) is -1.16. The molecule has 2 fully saturated rings. The Morgan fingerprint density at radius 1 is 1.40 bits per heavy atom. The number of rotatable bonds is 1. The molecule has 112 valence electrons. The molecule has 0 aromatic heterocycles. The molecule has 20 heavy (non-hydrogen) atoms. The third-order valence-corrected chi connectivity index (χ3v) is 5.98. The van der Waals surface area contributed by atoms with Gasteiger partial charge in [-0.05, 0) is 36.0 Å². The van der Waals surface area contributed by atoms with Gasteiger partial charge >= 0.3 is 5.97 Å². The first-order valence-electron chi connectivity index (χ1n) is 7.45. The number of hydrogen-bond acceptors (Lipinski definition) is 4. The molecule has 1 saturated heterocycles. The minimum Gasteiger partial charge on any atom is -0.432 e. The average molecular weight is 280 g/mol. The summed E-state index contributed by atoms with van der Waals surface area (Å²) in [5, 5.41) is 10.7. The van der Waals surface area contributed by atoms with Crippen molar-refractivity contribution in [3.05, 3.63) is 12.2 Å². The smallest absolute Gasteiger partial charge is 0.317 e. The zero-order chi connectivity index (χ0) is 14.7. The molecule has 1 spiro atoms. The monoisotopic (exact) mass is 280 g/mol. The fourth-order valence-electron chi connectivity index (χ4n) is 4.84. The van der Waals surface area contributed by atoms with E-state index in [2.05, 4.69) is 32.9 Å². The third-order valence-electron chi connectivity index (χ3n) is 5.98. The molecule has 6 atom stereocenters. The van der Waals surface area contributed by atoms with Crippen LogP contribution in [0.4, 0.5) is 0 Å². The summed E-state index contributed by atoms with van der Waals surface area (Å²) in [5.74, 6) is 0.992. The second-order valence-corrected chi connectivity index (χ2v) is 7.24. The third kappa shape index (κ3) is 1.52. The van der Waals surface area contributed by atoms with Crippen molar-refractivity contribution in [3.63, 3.8) is 0 Å². The van der Waals surface area contributed by atoms with E-state index < -0.39 is 17.8 Å². The Morgan fingerprint density at radius 2 is 2.10 bits per heavy atom. The second-order valence-electron chi connectivity index (χ2n) is 7.24. The van der Waals surface area contributed by atoms with Crippen molar-refractivity contribution in [2.45, 2.75) is 46.0 Å². The van der Waals surface area contributed by atoms with E-state index in [4.69, 9.17) is 9.47 Å². The summed E-state index contributed by atoms with van der Waals surface area (Å²) in [6, 6.07) is 0. The van der Waals surface area contributed by atoms with Crippen LogP contribution >= 0.6 is 0 Å². The summed E-state index contributed by atoms with van der Waals surface area (Å²) in [4.78, 5) is 12.5. The maximum absolute atomic E-state index is 12.5. The predicted molar refractivity (Wildman–Crippen MR) is 73.6 cm³/mol. The van der Waals surface area contributed by atoms with Gasteiger partial charge in [0.15, 0.2) is 0 Å². The summed E-state index contributed by atoms with van der Waals surface area (Å²) >= 11 is 0. The molecule has 1 N–H and O–H groups in total. The van der Waals surface area contributed by atoms with Gasteiger partial charge in [0.2, 0.25) is 6.29 Å². The highest BCUT2D eigenvalue weighted by atomic mass is 16.7. The second kappa shape index (κ2) is 4.31. The average Bonchev–Trinajstić information content (AvgIpc) is 2.77. The first kappa shape index (κ1) is 14.1. The number of fused-ring (bicyclic) bond motifs is 1. The Kier molecular flexibility index (Phi) is 3.04. The number of methoxy groups -OCH3 is 1. The van der Waals surface area contributed by atoms with Gasteiger partial charge in [0.25, 0.3) is 0 Å². The molecule has 4 unspecified atom stereocenters. The van der Waals surface area contributed by atoms with Crippen molar-refractivity contribution in [2.24, 2.45) is 28.6 Å². The highest BCUT2D eigenvalue weighted by Gasteiger charge is 2.71. The van der Waals surface area contributed by atoms with E-state index in [0.29, 0.717) is 24.2 Å². The zero-order valence-corrected chi connectivity index (χ0v) is 12.6. The molecular formula is C16H24O4. The van der Waals surface area contributed by atoms with Crippen LogP contribution in [0, 0.1) is 28.6 Å². The van der Waals surface area contributed by atoms with E-state index in [-0.39, 0.29) is 11.4 Å². The van der Waals surface area contributed by atoms with Gasteiger partial charge in [-0.1, -0.05) is 32.9 Å². The number of cyclic esters (lactones) is 1. The SMILES string of the molecule is CO[C@@H]1OC(=O)C2(CC3CC(C)C=CC3C2(C)C)[C@H]1O. The van der Waals surface area contributed by atoms with Gasteiger partial charge in [0, 0.05) is 7.11 Å². The molecule has 4 heteroatoms. The highest BCUT2D eigenvalue weighted by Crippen LogP contribution is 2.65. The Hall–Kier alpha value is -0.870. The number of hydrogen-bond donors (Lipinski definition) is 1. The number of carbonyl (C=O) groups excluding carboxylic acids is 1. The molecule has 2 aliphatic carbocycles. The van der Waals surface area contributed by atoms with Gasteiger partial charge in [0.05, 0.1) is 0 Å². The van der Waals surface area contributed by atoms with E-state index in [9.17, 15) is 9.90 Å². The summed E-state index contributed by atoms with van der Waals surface area (Å²) in [6.07, 6.45) is 4.53. The molecule has 3 rings (SSSR count). The maximum atomic E-state index is 12.5. The molecule has 1 heterocycles. The molecule has 0 aromatic rings.